The number of aliphatic carboxylic acids is 1. The third kappa shape index (κ3) is 4.64. The maximum atomic E-state index is 12.2. The smallest absolute Gasteiger partial charge is 0.320 e. The number of amides is 2. The predicted octanol–water partition coefficient (Wildman–Crippen LogP) is 0.165. The Hall–Kier alpha value is -1.34. The Morgan fingerprint density at radius 3 is 2.40 bits per heavy atom. The number of piperazine rings is 1. The maximum absolute atomic E-state index is 12.2. The molecule has 7 heteroatoms. The highest BCUT2D eigenvalue weighted by Crippen LogP contribution is 2.08. The van der Waals surface area contributed by atoms with Gasteiger partial charge in [-0.3, -0.25) is 9.69 Å². The van der Waals surface area contributed by atoms with Gasteiger partial charge in [-0.2, -0.15) is 0 Å². The highest BCUT2D eigenvalue weighted by molar-refractivity contribution is 5.75. The van der Waals surface area contributed by atoms with Crippen LogP contribution in [0.4, 0.5) is 4.79 Å². The van der Waals surface area contributed by atoms with E-state index >= 15 is 0 Å². The Morgan fingerprint density at radius 2 is 1.90 bits per heavy atom. The van der Waals surface area contributed by atoms with Crippen molar-refractivity contribution in [2.24, 2.45) is 0 Å². The van der Waals surface area contributed by atoms with Crippen molar-refractivity contribution in [3.8, 4) is 0 Å². The number of carbonyl (C=O) groups is 2. The summed E-state index contributed by atoms with van der Waals surface area (Å²) >= 11 is 0. The van der Waals surface area contributed by atoms with Crippen LogP contribution in [-0.2, 0) is 9.53 Å². The molecule has 1 aliphatic heterocycles. The topological polar surface area (TPSA) is 73.3 Å². The number of carboxylic acids is 1. The Kier molecular flexibility index (Phi) is 6.74. The second-order valence-electron chi connectivity index (χ2n) is 5.09. The number of rotatable bonds is 6. The number of methoxy groups -OCH3 is 1. The summed E-state index contributed by atoms with van der Waals surface area (Å²) in [6.45, 7) is 5.34. The molecule has 116 valence electrons. The van der Waals surface area contributed by atoms with Crippen LogP contribution in [0.15, 0.2) is 0 Å². The highest BCUT2D eigenvalue weighted by Gasteiger charge is 2.28. The van der Waals surface area contributed by atoms with Crippen molar-refractivity contribution in [3.63, 3.8) is 0 Å². The molecule has 0 radical (unpaired) electrons. The minimum absolute atomic E-state index is 0.00345. The van der Waals surface area contributed by atoms with E-state index in [2.05, 4.69) is 0 Å². The molecule has 20 heavy (non-hydrogen) atoms. The average molecular weight is 287 g/mol. The fourth-order valence-electron chi connectivity index (χ4n) is 2.24. The van der Waals surface area contributed by atoms with Crippen molar-refractivity contribution in [2.45, 2.75) is 19.4 Å². The molecular formula is C13H25N3O4. The molecule has 1 saturated heterocycles. The molecule has 0 aliphatic carbocycles. The van der Waals surface area contributed by atoms with E-state index in [-0.39, 0.29) is 6.03 Å². The Labute approximate surface area is 120 Å². The van der Waals surface area contributed by atoms with Gasteiger partial charge in [0.15, 0.2) is 0 Å². The molecule has 1 aliphatic rings. The second-order valence-corrected chi connectivity index (χ2v) is 5.09. The van der Waals surface area contributed by atoms with Gasteiger partial charge in [0, 0.05) is 53.5 Å². The zero-order valence-corrected chi connectivity index (χ0v) is 12.5. The Balaban J connectivity index is 2.36. The van der Waals surface area contributed by atoms with E-state index in [4.69, 9.17) is 9.84 Å². The van der Waals surface area contributed by atoms with Crippen LogP contribution >= 0.6 is 0 Å². The second kappa shape index (κ2) is 8.06. The van der Waals surface area contributed by atoms with Gasteiger partial charge in [-0.25, -0.2) is 4.79 Å². The van der Waals surface area contributed by atoms with Crippen LogP contribution in [0.2, 0.25) is 0 Å². The monoisotopic (exact) mass is 287 g/mol. The van der Waals surface area contributed by atoms with Crippen molar-refractivity contribution < 1.29 is 19.4 Å². The summed E-state index contributed by atoms with van der Waals surface area (Å²) in [5.41, 5.74) is 0. The number of carbonyl (C=O) groups excluding carboxylic acids is 1. The number of hydrogen-bond donors (Lipinski definition) is 1. The first-order chi connectivity index (χ1) is 9.47. The van der Waals surface area contributed by atoms with Gasteiger partial charge in [0.1, 0.15) is 6.04 Å². The van der Waals surface area contributed by atoms with E-state index in [1.54, 1.807) is 30.9 Å². The molecule has 7 nitrogen and oxygen atoms in total. The summed E-state index contributed by atoms with van der Waals surface area (Å²) in [6.07, 6.45) is 0.814. The predicted molar refractivity (Wildman–Crippen MR) is 74.8 cm³/mol. The van der Waals surface area contributed by atoms with E-state index in [9.17, 15) is 9.59 Å². The lowest BCUT2D eigenvalue weighted by atomic mass is 10.2. The van der Waals surface area contributed by atoms with Crippen molar-refractivity contribution in [3.05, 3.63) is 0 Å². The number of nitrogens with zero attached hydrogens (tertiary/aromatic N) is 3. The zero-order chi connectivity index (χ0) is 15.1. The molecule has 0 aromatic rings. The molecular weight excluding hydrogens is 262 g/mol. The molecule has 1 fully saturated rings. The molecule has 0 spiro atoms. The molecule has 1 unspecified atom stereocenters. The van der Waals surface area contributed by atoms with E-state index in [1.807, 2.05) is 4.90 Å². The van der Waals surface area contributed by atoms with Gasteiger partial charge in [-0.05, 0) is 13.3 Å². The molecule has 0 aromatic carbocycles. The van der Waals surface area contributed by atoms with Crippen LogP contribution in [0.1, 0.15) is 13.3 Å². The fraction of sp³-hybridized carbons (Fsp3) is 0.846. The van der Waals surface area contributed by atoms with E-state index in [0.717, 1.165) is 6.42 Å². The first kappa shape index (κ1) is 16.7. The van der Waals surface area contributed by atoms with Gasteiger partial charge in [0.2, 0.25) is 0 Å². The number of carboxylic acid groups (broad SMARTS) is 1. The lowest BCUT2D eigenvalue weighted by Gasteiger charge is -2.38. The number of ether oxygens (including phenoxy) is 1. The van der Waals surface area contributed by atoms with Crippen molar-refractivity contribution >= 4 is 12.0 Å². The molecule has 0 saturated carbocycles. The Morgan fingerprint density at radius 1 is 1.30 bits per heavy atom. The summed E-state index contributed by atoms with van der Waals surface area (Å²) in [4.78, 5) is 28.5. The van der Waals surface area contributed by atoms with E-state index in [0.29, 0.717) is 39.3 Å². The van der Waals surface area contributed by atoms with E-state index in [1.165, 1.54) is 0 Å². The van der Waals surface area contributed by atoms with Gasteiger partial charge in [-0.1, -0.05) is 0 Å². The molecule has 1 heterocycles. The standard InChI is InChI=1S/C13H25N3O4/c1-11(12(17)18)15-6-8-16(9-7-15)13(19)14(2)5-4-10-20-3/h11H,4-10H2,1-3H3,(H,17,18). The summed E-state index contributed by atoms with van der Waals surface area (Å²) < 4.78 is 4.97. The zero-order valence-electron chi connectivity index (χ0n) is 12.5. The van der Waals surface area contributed by atoms with Crippen LogP contribution in [0.25, 0.3) is 0 Å². The molecule has 0 aromatic heterocycles. The minimum Gasteiger partial charge on any atom is -0.480 e. The first-order valence-corrected chi connectivity index (χ1v) is 6.93. The van der Waals surface area contributed by atoms with Gasteiger partial charge >= 0.3 is 12.0 Å². The lowest BCUT2D eigenvalue weighted by molar-refractivity contribution is -0.143. The summed E-state index contributed by atoms with van der Waals surface area (Å²) in [7, 11) is 3.43. The largest absolute Gasteiger partial charge is 0.480 e. The fourth-order valence-corrected chi connectivity index (χ4v) is 2.24. The van der Waals surface area contributed by atoms with Crippen LogP contribution in [0.3, 0.4) is 0 Å². The SMILES string of the molecule is COCCCN(C)C(=O)N1CCN(C(C)C(=O)O)CC1. The van der Waals surface area contributed by atoms with Gasteiger partial charge in [-0.15, -0.1) is 0 Å². The summed E-state index contributed by atoms with van der Waals surface area (Å²) in [5, 5.41) is 8.98. The van der Waals surface area contributed by atoms with Crippen LogP contribution in [0.5, 0.6) is 0 Å². The molecule has 2 amide bonds. The molecule has 1 rings (SSSR count). The summed E-state index contributed by atoms with van der Waals surface area (Å²) in [5.74, 6) is -0.818. The average Bonchev–Trinajstić information content (AvgIpc) is 2.46. The van der Waals surface area contributed by atoms with Gasteiger partial charge in [0.05, 0.1) is 0 Å². The van der Waals surface area contributed by atoms with E-state index < -0.39 is 12.0 Å². The van der Waals surface area contributed by atoms with Gasteiger partial charge < -0.3 is 19.6 Å². The van der Waals surface area contributed by atoms with Gasteiger partial charge in [0.25, 0.3) is 0 Å². The van der Waals surface area contributed by atoms with Crippen LogP contribution in [-0.4, -0.2) is 91.3 Å². The molecule has 1 atom stereocenters. The Bertz CT molecular complexity index is 330. The minimum atomic E-state index is -0.818. The number of urea groups is 1. The third-order valence-electron chi connectivity index (χ3n) is 3.66. The lowest BCUT2D eigenvalue weighted by Crippen LogP contribution is -2.55. The van der Waals surface area contributed by atoms with Crippen molar-refractivity contribution in [1.29, 1.82) is 0 Å². The van der Waals surface area contributed by atoms with Crippen LogP contribution in [0, 0.1) is 0 Å². The summed E-state index contributed by atoms with van der Waals surface area (Å²) in [6, 6.07) is -0.490. The maximum Gasteiger partial charge on any atom is 0.320 e. The van der Waals surface area contributed by atoms with Crippen molar-refractivity contribution in [2.75, 3.05) is 53.5 Å². The van der Waals surface area contributed by atoms with Crippen molar-refractivity contribution in [1.82, 2.24) is 14.7 Å². The third-order valence-corrected chi connectivity index (χ3v) is 3.66. The van der Waals surface area contributed by atoms with Crippen LogP contribution < -0.4 is 0 Å². The molecule has 0 bridgehead atoms. The molecule has 1 N–H and O–H groups in total. The highest BCUT2D eigenvalue weighted by atomic mass is 16.5. The quantitative estimate of drug-likeness (QED) is 0.705. The number of hydrogen-bond acceptors (Lipinski definition) is 4. The first-order valence-electron chi connectivity index (χ1n) is 6.93. The normalized spacial score (nSPS) is 17.9.